The number of nitrogens with two attached hydrogens (primary N) is 1. The summed E-state index contributed by atoms with van der Waals surface area (Å²) in [4.78, 5) is 8.24. The maximum Gasteiger partial charge on any atom is 0.163 e. The fourth-order valence-corrected chi connectivity index (χ4v) is 2.31. The van der Waals surface area contributed by atoms with Crippen LogP contribution in [-0.2, 0) is 12.0 Å². The van der Waals surface area contributed by atoms with Crippen molar-refractivity contribution < 1.29 is 0 Å². The number of benzene rings is 1. The van der Waals surface area contributed by atoms with E-state index >= 15 is 0 Å². The van der Waals surface area contributed by atoms with Crippen molar-refractivity contribution in [2.24, 2.45) is 0 Å². The average Bonchev–Trinajstić information content (AvgIpc) is 2.83. The van der Waals surface area contributed by atoms with Crippen LogP contribution in [0, 0.1) is 0 Å². The largest absolute Gasteiger partial charge is 0.383 e. The quantitative estimate of drug-likeness (QED) is 0.784. The van der Waals surface area contributed by atoms with Gasteiger partial charge < -0.3 is 5.73 Å². The van der Waals surface area contributed by atoms with Crippen LogP contribution in [0.15, 0.2) is 36.8 Å². The van der Waals surface area contributed by atoms with Gasteiger partial charge in [-0.3, -0.25) is 0 Å². The topological polar surface area (TPSA) is 69.6 Å². The third-order valence-corrected chi connectivity index (χ3v) is 3.62. The summed E-state index contributed by atoms with van der Waals surface area (Å²) < 4.78 is 1.85. The minimum atomic E-state index is 0.165. The monoisotopic (exact) mass is 281 g/mol. The Morgan fingerprint density at radius 3 is 2.48 bits per heavy atom. The van der Waals surface area contributed by atoms with Gasteiger partial charge in [-0.05, 0) is 16.5 Å². The standard InChI is InChI=1S/C16H19N5/c1-16(2,3)12-6-4-11(5-7-12)9-21-15-13(8-20-21)14(17)18-10-19-15/h4-8,10H,9H2,1-3H3,(H2,17,18,19). The lowest BCUT2D eigenvalue weighted by atomic mass is 9.87. The normalized spacial score (nSPS) is 12.0. The molecule has 0 atom stereocenters. The summed E-state index contributed by atoms with van der Waals surface area (Å²) >= 11 is 0. The van der Waals surface area contributed by atoms with E-state index in [1.54, 1.807) is 6.20 Å². The van der Waals surface area contributed by atoms with Crippen molar-refractivity contribution in [3.05, 3.63) is 47.9 Å². The molecule has 2 aromatic heterocycles. The summed E-state index contributed by atoms with van der Waals surface area (Å²) in [5.41, 5.74) is 9.27. The van der Waals surface area contributed by atoms with E-state index in [4.69, 9.17) is 5.73 Å². The van der Waals surface area contributed by atoms with Crippen molar-refractivity contribution in [3.63, 3.8) is 0 Å². The van der Waals surface area contributed by atoms with Crippen LogP contribution >= 0.6 is 0 Å². The molecule has 0 spiro atoms. The van der Waals surface area contributed by atoms with E-state index in [0.29, 0.717) is 12.4 Å². The van der Waals surface area contributed by atoms with E-state index in [0.717, 1.165) is 11.0 Å². The Labute approximate surface area is 123 Å². The first-order valence-electron chi connectivity index (χ1n) is 6.96. The second kappa shape index (κ2) is 4.84. The van der Waals surface area contributed by atoms with Crippen molar-refractivity contribution in [2.45, 2.75) is 32.7 Å². The summed E-state index contributed by atoms with van der Waals surface area (Å²) in [5, 5.41) is 5.15. The molecule has 0 saturated carbocycles. The summed E-state index contributed by atoms with van der Waals surface area (Å²) in [6.45, 7) is 7.30. The van der Waals surface area contributed by atoms with Gasteiger partial charge in [0.2, 0.25) is 0 Å². The summed E-state index contributed by atoms with van der Waals surface area (Å²) in [7, 11) is 0. The zero-order valence-corrected chi connectivity index (χ0v) is 12.5. The molecular formula is C16H19N5. The molecule has 3 aromatic rings. The molecule has 0 aliphatic carbocycles. The number of hydrogen-bond acceptors (Lipinski definition) is 4. The van der Waals surface area contributed by atoms with E-state index in [1.165, 1.54) is 17.5 Å². The first kappa shape index (κ1) is 13.5. The molecule has 0 unspecified atom stereocenters. The molecule has 0 radical (unpaired) electrons. The molecule has 0 bridgehead atoms. The predicted molar refractivity (Wildman–Crippen MR) is 84.0 cm³/mol. The van der Waals surface area contributed by atoms with Crippen LogP contribution in [-0.4, -0.2) is 19.7 Å². The molecule has 1 aromatic carbocycles. The first-order chi connectivity index (χ1) is 9.95. The molecule has 3 rings (SSSR count). The van der Waals surface area contributed by atoms with Crippen molar-refractivity contribution >= 4 is 16.9 Å². The molecule has 5 heteroatoms. The van der Waals surface area contributed by atoms with Gasteiger partial charge in [0.1, 0.15) is 12.1 Å². The second-order valence-corrected chi connectivity index (χ2v) is 6.25. The molecule has 0 aliphatic heterocycles. The Morgan fingerprint density at radius 2 is 1.81 bits per heavy atom. The molecule has 0 saturated heterocycles. The smallest absolute Gasteiger partial charge is 0.163 e. The SMILES string of the molecule is CC(C)(C)c1ccc(Cn2ncc3c(N)ncnc32)cc1. The van der Waals surface area contributed by atoms with Gasteiger partial charge in [-0.15, -0.1) is 0 Å². The summed E-state index contributed by atoms with van der Waals surface area (Å²) in [6, 6.07) is 8.62. The van der Waals surface area contributed by atoms with Gasteiger partial charge in [0.05, 0.1) is 18.1 Å². The summed E-state index contributed by atoms with van der Waals surface area (Å²) in [5.74, 6) is 0.467. The summed E-state index contributed by atoms with van der Waals surface area (Å²) in [6.07, 6.45) is 3.19. The second-order valence-electron chi connectivity index (χ2n) is 6.25. The molecule has 108 valence electrons. The van der Waals surface area contributed by atoms with E-state index < -0.39 is 0 Å². The Hall–Kier alpha value is -2.43. The van der Waals surface area contributed by atoms with Gasteiger partial charge in [-0.2, -0.15) is 5.10 Å². The zero-order valence-electron chi connectivity index (χ0n) is 12.5. The number of nitrogens with zero attached hydrogens (tertiary/aromatic N) is 4. The number of rotatable bonds is 2. The third kappa shape index (κ3) is 2.59. The molecule has 0 fully saturated rings. The van der Waals surface area contributed by atoms with Gasteiger partial charge in [0, 0.05) is 0 Å². The van der Waals surface area contributed by atoms with Crippen LogP contribution in [0.1, 0.15) is 31.9 Å². The first-order valence-corrected chi connectivity index (χ1v) is 6.96. The van der Waals surface area contributed by atoms with Crippen LogP contribution in [0.25, 0.3) is 11.0 Å². The molecule has 5 nitrogen and oxygen atoms in total. The maximum absolute atomic E-state index is 5.83. The van der Waals surface area contributed by atoms with E-state index in [-0.39, 0.29) is 5.41 Å². The Balaban J connectivity index is 1.90. The zero-order chi connectivity index (χ0) is 15.0. The van der Waals surface area contributed by atoms with Gasteiger partial charge >= 0.3 is 0 Å². The average molecular weight is 281 g/mol. The van der Waals surface area contributed by atoms with Gasteiger partial charge in [0.15, 0.2) is 5.65 Å². The highest BCUT2D eigenvalue weighted by molar-refractivity contribution is 5.84. The maximum atomic E-state index is 5.83. The van der Waals surface area contributed by atoms with Crippen molar-refractivity contribution in [2.75, 3.05) is 5.73 Å². The fraction of sp³-hybridized carbons (Fsp3) is 0.312. The van der Waals surface area contributed by atoms with Gasteiger partial charge in [-0.1, -0.05) is 45.0 Å². The Morgan fingerprint density at radius 1 is 1.10 bits per heavy atom. The Kier molecular flexibility index (Phi) is 3.12. The van der Waals surface area contributed by atoms with Crippen molar-refractivity contribution in [1.82, 2.24) is 19.7 Å². The number of anilines is 1. The van der Waals surface area contributed by atoms with E-state index in [9.17, 15) is 0 Å². The number of aromatic nitrogens is 4. The van der Waals surface area contributed by atoms with Crippen molar-refractivity contribution in [3.8, 4) is 0 Å². The molecule has 2 N–H and O–H groups in total. The lowest BCUT2D eigenvalue weighted by molar-refractivity contribution is 0.589. The van der Waals surface area contributed by atoms with Crippen LogP contribution < -0.4 is 5.73 Å². The lowest BCUT2D eigenvalue weighted by Crippen LogP contribution is -2.11. The van der Waals surface area contributed by atoms with Crippen molar-refractivity contribution in [1.29, 1.82) is 0 Å². The molecule has 0 aliphatic rings. The van der Waals surface area contributed by atoms with E-state index in [2.05, 4.69) is 60.1 Å². The van der Waals surface area contributed by atoms with Crippen LogP contribution in [0.5, 0.6) is 0 Å². The number of fused-ring (bicyclic) bond motifs is 1. The number of hydrogen-bond donors (Lipinski definition) is 1. The molecular weight excluding hydrogens is 262 g/mol. The van der Waals surface area contributed by atoms with Gasteiger partial charge in [0.25, 0.3) is 0 Å². The highest BCUT2D eigenvalue weighted by Crippen LogP contribution is 2.23. The predicted octanol–water partition coefficient (Wildman–Crippen LogP) is 2.75. The van der Waals surface area contributed by atoms with E-state index in [1.807, 2.05) is 4.68 Å². The molecule has 2 heterocycles. The highest BCUT2D eigenvalue weighted by atomic mass is 15.3. The number of nitrogen functional groups attached to an aromatic ring is 1. The van der Waals surface area contributed by atoms with Crippen LogP contribution in [0.3, 0.4) is 0 Å². The van der Waals surface area contributed by atoms with Gasteiger partial charge in [-0.25, -0.2) is 14.6 Å². The van der Waals surface area contributed by atoms with Crippen LogP contribution in [0.2, 0.25) is 0 Å². The minimum Gasteiger partial charge on any atom is -0.383 e. The fourth-order valence-electron chi connectivity index (χ4n) is 2.31. The minimum absolute atomic E-state index is 0.165. The Bertz CT molecular complexity index is 765. The lowest BCUT2D eigenvalue weighted by Gasteiger charge is -2.19. The molecule has 21 heavy (non-hydrogen) atoms. The molecule has 0 amide bonds. The third-order valence-electron chi connectivity index (χ3n) is 3.62. The highest BCUT2D eigenvalue weighted by Gasteiger charge is 2.13. The van der Waals surface area contributed by atoms with Crippen LogP contribution in [0.4, 0.5) is 5.82 Å².